The number of para-hydroxylation sites is 1. The molecule has 0 aliphatic rings. The maximum absolute atomic E-state index is 12.1. The highest BCUT2D eigenvalue weighted by Gasteiger charge is 2.15. The summed E-state index contributed by atoms with van der Waals surface area (Å²) in [6.07, 6.45) is 0. The highest BCUT2D eigenvalue weighted by molar-refractivity contribution is 6.14. The largest absolute Gasteiger partial charge is 0.343 e. The van der Waals surface area contributed by atoms with Gasteiger partial charge in [-0.3, -0.25) is 19.8 Å². The zero-order valence-electron chi connectivity index (χ0n) is 11.7. The number of aromatic amines is 2. The molecule has 4 aromatic rings. The van der Waals surface area contributed by atoms with Gasteiger partial charge in [-0.15, -0.1) is 0 Å². The molecule has 0 spiro atoms. The molecule has 2 aromatic heterocycles. The molecule has 0 saturated heterocycles. The predicted molar refractivity (Wildman–Crippen MR) is 83.9 cm³/mol. The van der Waals surface area contributed by atoms with Gasteiger partial charge in [-0.1, -0.05) is 18.2 Å². The first-order chi connectivity index (χ1) is 10.1. The van der Waals surface area contributed by atoms with Crippen LogP contribution in [0.4, 0.5) is 0 Å². The van der Waals surface area contributed by atoms with Gasteiger partial charge in [-0.2, -0.15) is 0 Å². The SMILES string of the molecule is Cc1c2c(=O)[nH][nH]c(=O)c2cc2c3ccccc3n(C)c12. The lowest BCUT2D eigenvalue weighted by Crippen LogP contribution is -2.19. The molecule has 0 bridgehead atoms. The molecule has 2 aromatic carbocycles. The van der Waals surface area contributed by atoms with E-state index in [0.29, 0.717) is 10.8 Å². The number of aromatic nitrogens is 3. The zero-order chi connectivity index (χ0) is 14.7. The first-order valence-corrected chi connectivity index (χ1v) is 6.71. The maximum Gasteiger partial charge on any atom is 0.270 e. The molecule has 2 N–H and O–H groups in total. The molecule has 0 aliphatic carbocycles. The normalized spacial score (nSPS) is 11.7. The number of hydrogen-bond donors (Lipinski definition) is 2. The fourth-order valence-corrected chi connectivity index (χ4v) is 3.27. The Morgan fingerprint density at radius 2 is 1.67 bits per heavy atom. The number of hydrogen-bond acceptors (Lipinski definition) is 2. The zero-order valence-corrected chi connectivity index (χ0v) is 11.7. The first kappa shape index (κ1) is 12.0. The molecule has 0 atom stereocenters. The molecule has 0 unspecified atom stereocenters. The number of fused-ring (bicyclic) bond motifs is 4. The number of nitrogens with one attached hydrogen (secondary N) is 2. The van der Waals surface area contributed by atoms with Gasteiger partial charge in [-0.05, 0) is 24.6 Å². The Balaban J connectivity index is 2.45. The van der Waals surface area contributed by atoms with Crippen LogP contribution in [0, 0.1) is 6.92 Å². The number of rotatable bonds is 0. The molecule has 0 aliphatic heterocycles. The van der Waals surface area contributed by atoms with E-state index in [1.807, 2.05) is 44.3 Å². The second kappa shape index (κ2) is 3.85. The Labute approximate surface area is 118 Å². The minimum Gasteiger partial charge on any atom is -0.343 e. The van der Waals surface area contributed by atoms with Gasteiger partial charge in [-0.25, -0.2) is 0 Å². The van der Waals surface area contributed by atoms with Crippen LogP contribution in [0.3, 0.4) is 0 Å². The minimum absolute atomic E-state index is 0.269. The van der Waals surface area contributed by atoms with Crippen LogP contribution in [0.1, 0.15) is 5.56 Å². The lowest BCUT2D eigenvalue weighted by atomic mass is 10.0. The van der Waals surface area contributed by atoms with Crippen LogP contribution in [0.5, 0.6) is 0 Å². The van der Waals surface area contributed by atoms with E-state index in [2.05, 4.69) is 14.8 Å². The van der Waals surface area contributed by atoms with Crippen molar-refractivity contribution in [3.8, 4) is 0 Å². The van der Waals surface area contributed by atoms with Gasteiger partial charge in [0.15, 0.2) is 0 Å². The third-order valence-electron chi connectivity index (χ3n) is 4.20. The smallest absolute Gasteiger partial charge is 0.270 e. The summed E-state index contributed by atoms with van der Waals surface area (Å²) in [7, 11) is 1.98. The molecule has 2 heterocycles. The van der Waals surface area contributed by atoms with Crippen molar-refractivity contribution in [2.24, 2.45) is 7.05 Å². The number of benzene rings is 2. The van der Waals surface area contributed by atoms with E-state index in [4.69, 9.17) is 0 Å². The Morgan fingerprint density at radius 3 is 2.48 bits per heavy atom. The van der Waals surface area contributed by atoms with Crippen molar-refractivity contribution in [3.63, 3.8) is 0 Å². The monoisotopic (exact) mass is 279 g/mol. The van der Waals surface area contributed by atoms with E-state index in [-0.39, 0.29) is 11.1 Å². The summed E-state index contributed by atoms with van der Waals surface area (Å²) in [5.74, 6) is 0. The summed E-state index contributed by atoms with van der Waals surface area (Å²) in [6, 6.07) is 9.84. The van der Waals surface area contributed by atoms with Crippen LogP contribution in [-0.4, -0.2) is 14.8 Å². The van der Waals surface area contributed by atoms with Crippen LogP contribution < -0.4 is 11.1 Å². The van der Waals surface area contributed by atoms with Gasteiger partial charge in [0.25, 0.3) is 11.1 Å². The summed E-state index contributed by atoms with van der Waals surface area (Å²) in [4.78, 5) is 24.1. The van der Waals surface area contributed by atoms with Crippen LogP contribution in [-0.2, 0) is 7.05 Å². The quantitative estimate of drug-likeness (QED) is 0.518. The highest BCUT2D eigenvalue weighted by atomic mass is 16.1. The summed E-state index contributed by atoms with van der Waals surface area (Å²) in [6.45, 7) is 1.89. The Morgan fingerprint density at radius 1 is 0.952 bits per heavy atom. The van der Waals surface area contributed by atoms with Crippen molar-refractivity contribution in [1.29, 1.82) is 0 Å². The van der Waals surface area contributed by atoms with Crippen LogP contribution in [0.25, 0.3) is 32.6 Å². The van der Waals surface area contributed by atoms with Crippen molar-refractivity contribution >= 4 is 32.6 Å². The lowest BCUT2D eigenvalue weighted by Gasteiger charge is -2.05. The molecule has 0 saturated carbocycles. The van der Waals surface area contributed by atoms with E-state index < -0.39 is 0 Å². The average Bonchev–Trinajstić information content (AvgIpc) is 2.77. The highest BCUT2D eigenvalue weighted by Crippen LogP contribution is 2.32. The third kappa shape index (κ3) is 1.40. The average molecular weight is 279 g/mol. The topological polar surface area (TPSA) is 70.7 Å². The van der Waals surface area contributed by atoms with Crippen molar-refractivity contribution in [2.45, 2.75) is 6.92 Å². The summed E-state index contributed by atoms with van der Waals surface area (Å²) >= 11 is 0. The van der Waals surface area contributed by atoms with Crippen molar-refractivity contribution in [3.05, 3.63) is 56.6 Å². The van der Waals surface area contributed by atoms with E-state index in [1.54, 1.807) is 0 Å². The van der Waals surface area contributed by atoms with Gasteiger partial charge in [0, 0.05) is 23.3 Å². The van der Waals surface area contributed by atoms with Crippen molar-refractivity contribution in [1.82, 2.24) is 14.8 Å². The number of H-pyrrole nitrogens is 2. The molecule has 5 nitrogen and oxygen atoms in total. The fraction of sp³-hybridized carbons (Fsp3) is 0.125. The molecule has 4 rings (SSSR count). The second-order valence-electron chi connectivity index (χ2n) is 5.30. The van der Waals surface area contributed by atoms with Crippen molar-refractivity contribution in [2.75, 3.05) is 0 Å². The van der Waals surface area contributed by atoms with E-state index in [9.17, 15) is 9.59 Å². The first-order valence-electron chi connectivity index (χ1n) is 6.71. The van der Waals surface area contributed by atoms with Crippen LogP contribution >= 0.6 is 0 Å². The molecule has 21 heavy (non-hydrogen) atoms. The van der Waals surface area contributed by atoms with Gasteiger partial charge in [0.1, 0.15) is 0 Å². The molecular weight excluding hydrogens is 266 g/mol. The Hall–Kier alpha value is -2.82. The van der Waals surface area contributed by atoms with Crippen molar-refractivity contribution < 1.29 is 0 Å². The van der Waals surface area contributed by atoms with Crippen LogP contribution in [0.2, 0.25) is 0 Å². The van der Waals surface area contributed by atoms with Gasteiger partial charge >= 0.3 is 0 Å². The summed E-state index contributed by atoms with van der Waals surface area (Å²) < 4.78 is 2.07. The molecular formula is C16H13N3O2. The van der Waals surface area contributed by atoms with E-state index in [0.717, 1.165) is 27.4 Å². The van der Waals surface area contributed by atoms with Gasteiger partial charge in [0.05, 0.1) is 16.3 Å². The van der Waals surface area contributed by atoms with E-state index >= 15 is 0 Å². The van der Waals surface area contributed by atoms with Gasteiger partial charge in [0.2, 0.25) is 0 Å². The second-order valence-corrected chi connectivity index (χ2v) is 5.30. The maximum atomic E-state index is 12.1. The molecule has 0 fully saturated rings. The number of aryl methyl sites for hydroxylation is 2. The third-order valence-corrected chi connectivity index (χ3v) is 4.20. The Kier molecular flexibility index (Phi) is 2.19. The molecule has 0 amide bonds. The lowest BCUT2D eigenvalue weighted by molar-refractivity contribution is 0.973. The predicted octanol–water partition coefficient (Wildman–Crippen LogP) is 2.17. The molecule has 5 heteroatoms. The Bertz CT molecular complexity index is 1150. The molecule has 0 radical (unpaired) electrons. The van der Waals surface area contributed by atoms with Gasteiger partial charge < -0.3 is 4.57 Å². The summed E-state index contributed by atoms with van der Waals surface area (Å²) in [5, 5.41) is 7.75. The van der Waals surface area contributed by atoms with E-state index in [1.165, 1.54) is 0 Å². The standard InChI is InChI=1S/C16H13N3O2/c1-8-13-11(15(20)17-18-16(13)21)7-10-9-5-3-4-6-12(9)19(2)14(8)10/h3-7H,1-2H3,(H,17,20)(H,18,21). The minimum atomic E-state index is -0.275. The number of nitrogens with zero attached hydrogens (tertiary/aromatic N) is 1. The van der Waals surface area contributed by atoms with Crippen LogP contribution in [0.15, 0.2) is 39.9 Å². The summed E-state index contributed by atoms with van der Waals surface area (Å²) in [5.41, 5.74) is 2.35. The fourth-order valence-electron chi connectivity index (χ4n) is 3.27. The molecule has 104 valence electrons.